The van der Waals surface area contributed by atoms with E-state index in [-0.39, 0.29) is 0 Å². The van der Waals surface area contributed by atoms with E-state index in [1.807, 2.05) is 10.8 Å². The SMILES string of the molecule is Fc1ccc(Cn2cncc2[C@@H]2CCCN2)cc1F. The van der Waals surface area contributed by atoms with Crippen molar-refractivity contribution in [1.29, 1.82) is 0 Å². The monoisotopic (exact) mass is 263 g/mol. The Balaban J connectivity index is 1.83. The molecule has 0 bridgehead atoms. The van der Waals surface area contributed by atoms with Crippen molar-refractivity contribution in [3.8, 4) is 0 Å². The van der Waals surface area contributed by atoms with Crippen molar-refractivity contribution in [2.24, 2.45) is 0 Å². The van der Waals surface area contributed by atoms with Crippen molar-refractivity contribution in [3.63, 3.8) is 0 Å². The van der Waals surface area contributed by atoms with Crippen molar-refractivity contribution in [3.05, 3.63) is 53.6 Å². The van der Waals surface area contributed by atoms with E-state index in [9.17, 15) is 8.78 Å². The van der Waals surface area contributed by atoms with Crippen LogP contribution in [0.3, 0.4) is 0 Å². The molecule has 1 saturated heterocycles. The molecule has 2 heterocycles. The quantitative estimate of drug-likeness (QED) is 0.922. The number of hydrogen-bond donors (Lipinski definition) is 1. The lowest BCUT2D eigenvalue weighted by atomic mass is 10.1. The molecule has 3 rings (SSSR count). The Morgan fingerprint density at radius 1 is 1.32 bits per heavy atom. The van der Waals surface area contributed by atoms with Gasteiger partial charge >= 0.3 is 0 Å². The maximum atomic E-state index is 13.2. The lowest BCUT2D eigenvalue weighted by molar-refractivity contribution is 0.505. The van der Waals surface area contributed by atoms with Gasteiger partial charge in [-0.05, 0) is 37.1 Å². The van der Waals surface area contributed by atoms with E-state index in [1.54, 1.807) is 12.4 Å². The topological polar surface area (TPSA) is 29.9 Å². The molecule has 1 aromatic carbocycles. The van der Waals surface area contributed by atoms with Crippen molar-refractivity contribution in [1.82, 2.24) is 14.9 Å². The highest BCUT2D eigenvalue weighted by atomic mass is 19.2. The maximum absolute atomic E-state index is 13.2. The molecule has 0 spiro atoms. The van der Waals surface area contributed by atoms with Gasteiger partial charge in [-0.25, -0.2) is 13.8 Å². The zero-order valence-corrected chi connectivity index (χ0v) is 10.4. The summed E-state index contributed by atoms with van der Waals surface area (Å²) in [4.78, 5) is 4.16. The van der Waals surface area contributed by atoms with Crippen LogP contribution in [0.25, 0.3) is 0 Å². The summed E-state index contributed by atoms with van der Waals surface area (Å²) in [6.45, 7) is 1.52. The van der Waals surface area contributed by atoms with Crippen LogP contribution in [0.2, 0.25) is 0 Å². The third-order valence-corrected chi connectivity index (χ3v) is 3.50. The van der Waals surface area contributed by atoms with Crippen molar-refractivity contribution in [2.45, 2.75) is 25.4 Å². The number of halogens is 2. The van der Waals surface area contributed by atoms with Crippen molar-refractivity contribution >= 4 is 0 Å². The highest BCUT2D eigenvalue weighted by Gasteiger charge is 2.19. The summed E-state index contributed by atoms with van der Waals surface area (Å²) in [6, 6.07) is 4.31. The maximum Gasteiger partial charge on any atom is 0.159 e. The van der Waals surface area contributed by atoms with Gasteiger partial charge in [0.25, 0.3) is 0 Å². The minimum atomic E-state index is -0.813. The van der Waals surface area contributed by atoms with Crippen LogP contribution in [0.5, 0.6) is 0 Å². The molecule has 19 heavy (non-hydrogen) atoms. The largest absolute Gasteiger partial charge is 0.329 e. The fourth-order valence-corrected chi connectivity index (χ4v) is 2.52. The fourth-order valence-electron chi connectivity index (χ4n) is 2.52. The lowest BCUT2D eigenvalue weighted by Crippen LogP contribution is -2.17. The second-order valence-electron chi connectivity index (χ2n) is 4.84. The van der Waals surface area contributed by atoms with Gasteiger partial charge in [-0.3, -0.25) is 0 Å². The first-order valence-corrected chi connectivity index (χ1v) is 6.41. The number of hydrogen-bond acceptors (Lipinski definition) is 2. The van der Waals surface area contributed by atoms with E-state index in [2.05, 4.69) is 10.3 Å². The Hall–Kier alpha value is -1.75. The summed E-state index contributed by atoms with van der Waals surface area (Å²) in [6.07, 6.45) is 5.81. The molecular formula is C14H15F2N3. The number of aromatic nitrogens is 2. The third kappa shape index (κ3) is 2.51. The average Bonchev–Trinajstić information content (AvgIpc) is 3.04. The number of nitrogens with one attached hydrogen (secondary N) is 1. The molecule has 0 unspecified atom stereocenters. The van der Waals surface area contributed by atoms with Crippen molar-refractivity contribution in [2.75, 3.05) is 6.54 Å². The predicted octanol–water partition coefficient (Wildman–Crippen LogP) is 2.63. The number of nitrogens with zero attached hydrogens (tertiary/aromatic N) is 2. The minimum Gasteiger partial charge on any atom is -0.329 e. The Bertz CT molecular complexity index is 574. The van der Waals surface area contributed by atoms with Gasteiger partial charge in [0.15, 0.2) is 11.6 Å². The molecule has 2 aromatic rings. The van der Waals surface area contributed by atoms with Gasteiger partial charge in [-0.15, -0.1) is 0 Å². The molecule has 1 aliphatic rings. The van der Waals surface area contributed by atoms with Crippen LogP contribution in [-0.4, -0.2) is 16.1 Å². The van der Waals surface area contributed by atoms with Crippen LogP contribution in [0.15, 0.2) is 30.7 Å². The van der Waals surface area contributed by atoms with Gasteiger partial charge in [0.2, 0.25) is 0 Å². The fraction of sp³-hybridized carbons (Fsp3) is 0.357. The molecule has 1 atom stereocenters. The van der Waals surface area contributed by atoms with Crippen LogP contribution >= 0.6 is 0 Å². The van der Waals surface area contributed by atoms with E-state index < -0.39 is 11.6 Å². The number of rotatable bonds is 3. The molecule has 0 saturated carbocycles. The molecule has 5 heteroatoms. The number of benzene rings is 1. The van der Waals surface area contributed by atoms with Gasteiger partial charge in [0.1, 0.15) is 0 Å². The minimum absolute atomic E-state index is 0.313. The van der Waals surface area contributed by atoms with E-state index in [0.29, 0.717) is 12.6 Å². The molecule has 1 fully saturated rings. The molecule has 1 aliphatic heterocycles. The number of imidazole rings is 1. The molecular weight excluding hydrogens is 248 g/mol. The van der Waals surface area contributed by atoms with Crippen molar-refractivity contribution < 1.29 is 8.78 Å². The third-order valence-electron chi connectivity index (χ3n) is 3.50. The van der Waals surface area contributed by atoms with Gasteiger partial charge in [-0.2, -0.15) is 0 Å². The first-order valence-electron chi connectivity index (χ1n) is 6.41. The Labute approximate surface area is 110 Å². The average molecular weight is 263 g/mol. The van der Waals surface area contributed by atoms with Crippen LogP contribution in [0, 0.1) is 11.6 Å². The highest BCUT2D eigenvalue weighted by molar-refractivity contribution is 5.19. The van der Waals surface area contributed by atoms with E-state index in [1.165, 1.54) is 6.07 Å². The van der Waals surface area contributed by atoms with E-state index >= 15 is 0 Å². The Kier molecular flexibility index (Phi) is 3.29. The van der Waals surface area contributed by atoms with Crippen LogP contribution in [0.1, 0.15) is 30.1 Å². The molecule has 100 valence electrons. The molecule has 0 radical (unpaired) electrons. The first kappa shape index (κ1) is 12.3. The molecule has 1 aromatic heterocycles. The summed E-state index contributed by atoms with van der Waals surface area (Å²) in [5, 5.41) is 3.41. The second kappa shape index (κ2) is 5.09. The second-order valence-corrected chi connectivity index (χ2v) is 4.84. The summed E-state index contributed by atoms with van der Waals surface area (Å²) in [5.41, 5.74) is 1.83. The van der Waals surface area contributed by atoms with Gasteiger partial charge in [-0.1, -0.05) is 6.07 Å². The van der Waals surface area contributed by atoms with E-state index in [4.69, 9.17) is 0 Å². The zero-order chi connectivity index (χ0) is 13.2. The normalized spacial score (nSPS) is 18.9. The molecule has 3 nitrogen and oxygen atoms in total. The molecule has 0 aliphatic carbocycles. The summed E-state index contributed by atoms with van der Waals surface area (Å²) in [7, 11) is 0. The van der Waals surface area contributed by atoms with Crippen LogP contribution in [0.4, 0.5) is 8.78 Å². The molecule has 0 amide bonds. The van der Waals surface area contributed by atoms with Crippen LogP contribution < -0.4 is 5.32 Å². The summed E-state index contributed by atoms with van der Waals surface area (Å²) >= 11 is 0. The van der Waals surface area contributed by atoms with Gasteiger partial charge < -0.3 is 9.88 Å². The summed E-state index contributed by atoms with van der Waals surface area (Å²) < 4.78 is 28.1. The lowest BCUT2D eigenvalue weighted by Gasteiger charge is -2.14. The van der Waals surface area contributed by atoms with E-state index in [0.717, 1.165) is 36.7 Å². The Morgan fingerprint density at radius 2 is 2.21 bits per heavy atom. The smallest absolute Gasteiger partial charge is 0.159 e. The molecule has 1 N–H and O–H groups in total. The van der Waals surface area contributed by atoms with Gasteiger partial charge in [0.05, 0.1) is 12.0 Å². The van der Waals surface area contributed by atoms with Crippen LogP contribution in [-0.2, 0) is 6.54 Å². The summed E-state index contributed by atoms with van der Waals surface area (Å²) in [5.74, 6) is -1.62. The highest BCUT2D eigenvalue weighted by Crippen LogP contribution is 2.23. The zero-order valence-electron chi connectivity index (χ0n) is 10.4. The Morgan fingerprint density at radius 3 is 2.95 bits per heavy atom. The van der Waals surface area contributed by atoms with Gasteiger partial charge in [0, 0.05) is 18.8 Å². The first-order chi connectivity index (χ1) is 9.24. The predicted molar refractivity (Wildman–Crippen MR) is 67.7 cm³/mol. The standard InChI is InChI=1S/C14H15F2N3/c15-11-4-3-10(6-12(11)16)8-19-9-17-7-14(19)13-2-1-5-18-13/h3-4,6-7,9,13,18H,1-2,5,8H2/t13-/m0/s1.